The van der Waals surface area contributed by atoms with Crippen molar-refractivity contribution >= 4 is 5.97 Å². The van der Waals surface area contributed by atoms with E-state index in [0.29, 0.717) is 12.8 Å². The molecule has 3 rings (SSSR count). The zero-order chi connectivity index (χ0) is 19.9. The van der Waals surface area contributed by atoms with E-state index < -0.39 is 5.97 Å². The van der Waals surface area contributed by atoms with Gasteiger partial charge in [-0.3, -0.25) is 4.79 Å². The number of carbonyl (C=O) groups is 1. The summed E-state index contributed by atoms with van der Waals surface area (Å²) in [6.07, 6.45) is 6.01. The lowest BCUT2D eigenvalue weighted by molar-refractivity contribution is -0.142. The summed E-state index contributed by atoms with van der Waals surface area (Å²) < 4.78 is 0. The quantitative estimate of drug-likeness (QED) is 0.632. The van der Waals surface area contributed by atoms with Gasteiger partial charge in [0.05, 0.1) is 5.92 Å². The van der Waals surface area contributed by atoms with Gasteiger partial charge in [-0.1, -0.05) is 55.5 Å². The van der Waals surface area contributed by atoms with E-state index in [0.717, 1.165) is 25.4 Å². The van der Waals surface area contributed by atoms with E-state index in [9.17, 15) is 9.90 Å². The molecule has 0 aromatic heterocycles. The third-order valence-electron chi connectivity index (χ3n) is 6.24. The van der Waals surface area contributed by atoms with Crippen LogP contribution in [0, 0.1) is 5.92 Å². The van der Waals surface area contributed by atoms with E-state index >= 15 is 0 Å². The molecule has 1 heterocycles. The Morgan fingerprint density at radius 1 is 1.04 bits per heavy atom. The van der Waals surface area contributed by atoms with Crippen molar-refractivity contribution in [2.45, 2.75) is 58.4 Å². The average molecular weight is 380 g/mol. The molecule has 1 unspecified atom stereocenters. The summed E-state index contributed by atoms with van der Waals surface area (Å²) in [7, 11) is 0. The normalized spacial score (nSPS) is 18.3. The van der Waals surface area contributed by atoms with E-state index in [1.165, 1.54) is 41.6 Å². The maximum atomic E-state index is 11.2. The van der Waals surface area contributed by atoms with Crippen LogP contribution in [0.3, 0.4) is 0 Å². The first-order chi connectivity index (χ1) is 13.6. The topological polar surface area (TPSA) is 40.5 Å². The lowest BCUT2D eigenvalue weighted by Gasteiger charge is -2.20. The molecule has 2 aromatic rings. The van der Waals surface area contributed by atoms with Crippen LogP contribution in [0.1, 0.15) is 50.7 Å². The number of likely N-dealkylation sites (tertiary alicyclic amines) is 1. The Balaban J connectivity index is 1.54. The molecule has 1 aliphatic rings. The number of nitrogens with zero attached hydrogens (tertiary/aromatic N) is 1. The largest absolute Gasteiger partial charge is 0.481 e. The molecule has 28 heavy (non-hydrogen) atoms. The van der Waals surface area contributed by atoms with Gasteiger partial charge in [0.2, 0.25) is 0 Å². The molecule has 0 radical (unpaired) electrons. The Bertz CT molecular complexity index is 751. The number of benzene rings is 2. The highest BCUT2D eigenvalue weighted by Gasteiger charge is 2.19. The molecule has 1 N–H and O–H groups in total. The molecule has 1 fully saturated rings. The van der Waals surface area contributed by atoms with Gasteiger partial charge in [-0.25, -0.2) is 0 Å². The first-order valence-electron chi connectivity index (χ1n) is 10.7. The maximum Gasteiger partial charge on any atom is 0.306 e. The standard InChI is InChI=1S/C25H33NO2/c1-3-22(25(27)28)11-6-20-7-12-23(13-8-20)24-14-9-21(10-15-24)16-18-26-17-4-5-19(26)2/h7-10,12-15,19,22H,3-6,11,16-18H2,1-2H3,(H,27,28)/t19?,22-/m1/s1. The van der Waals surface area contributed by atoms with E-state index in [2.05, 4.69) is 60.4 Å². The molecule has 150 valence electrons. The van der Waals surface area contributed by atoms with Gasteiger partial charge in [-0.15, -0.1) is 0 Å². The molecule has 2 atom stereocenters. The molecule has 1 aliphatic heterocycles. The fraction of sp³-hybridized carbons (Fsp3) is 0.480. The highest BCUT2D eigenvalue weighted by molar-refractivity contribution is 5.69. The summed E-state index contributed by atoms with van der Waals surface area (Å²) >= 11 is 0. The summed E-state index contributed by atoms with van der Waals surface area (Å²) in [6, 6.07) is 18.2. The summed E-state index contributed by atoms with van der Waals surface area (Å²) in [5.74, 6) is -0.922. The Morgan fingerprint density at radius 3 is 2.07 bits per heavy atom. The Morgan fingerprint density at radius 2 is 1.61 bits per heavy atom. The van der Waals surface area contributed by atoms with Gasteiger partial charge in [0.1, 0.15) is 0 Å². The molecule has 0 amide bonds. The fourth-order valence-corrected chi connectivity index (χ4v) is 4.17. The van der Waals surface area contributed by atoms with E-state index in [1.54, 1.807) is 0 Å². The maximum absolute atomic E-state index is 11.2. The predicted molar refractivity (Wildman–Crippen MR) is 116 cm³/mol. The van der Waals surface area contributed by atoms with E-state index in [1.807, 2.05) is 6.92 Å². The molecule has 3 heteroatoms. The van der Waals surface area contributed by atoms with Gasteiger partial charge in [0, 0.05) is 12.6 Å². The van der Waals surface area contributed by atoms with Gasteiger partial charge in [0.25, 0.3) is 0 Å². The number of carboxylic acids is 1. The van der Waals surface area contributed by atoms with Gasteiger partial charge in [-0.05, 0) is 74.2 Å². The van der Waals surface area contributed by atoms with Crippen molar-refractivity contribution < 1.29 is 9.90 Å². The van der Waals surface area contributed by atoms with E-state index in [-0.39, 0.29) is 5.92 Å². The Hall–Kier alpha value is -2.13. The summed E-state index contributed by atoms with van der Waals surface area (Å²) in [6.45, 7) is 6.68. The monoisotopic (exact) mass is 379 g/mol. The van der Waals surface area contributed by atoms with Crippen LogP contribution in [0.2, 0.25) is 0 Å². The van der Waals surface area contributed by atoms with Crippen LogP contribution in [-0.4, -0.2) is 35.1 Å². The summed E-state index contributed by atoms with van der Waals surface area (Å²) in [5, 5.41) is 9.18. The van der Waals surface area contributed by atoms with Crippen LogP contribution in [-0.2, 0) is 17.6 Å². The van der Waals surface area contributed by atoms with Gasteiger partial charge < -0.3 is 10.0 Å². The number of hydrogen-bond donors (Lipinski definition) is 1. The second-order valence-corrected chi connectivity index (χ2v) is 8.15. The van der Waals surface area contributed by atoms with Crippen LogP contribution in [0.25, 0.3) is 11.1 Å². The van der Waals surface area contributed by atoms with Crippen molar-refractivity contribution in [3.63, 3.8) is 0 Å². The predicted octanol–water partition coefficient (Wildman–Crippen LogP) is 5.42. The molecular weight excluding hydrogens is 346 g/mol. The van der Waals surface area contributed by atoms with Crippen molar-refractivity contribution in [2.24, 2.45) is 5.92 Å². The van der Waals surface area contributed by atoms with Crippen molar-refractivity contribution in [1.82, 2.24) is 4.90 Å². The molecule has 0 bridgehead atoms. The van der Waals surface area contributed by atoms with Crippen LogP contribution in [0.15, 0.2) is 48.5 Å². The SMILES string of the molecule is CC[C@H](CCc1ccc(-c2ccc(CCN3CCCC3C)cc2)cc1)C(=O)O. The number of carboxylic acid groups (broad SMARTS) is 1. The lowest BCUT2D eigenvalue weighted by Crippen LogP contribution is -2.28. The number of rotatable bonds is 9. The van der Waals surface area contributed by atoms with Crippen molar-refractivity contribution in [3.8, 4) is 11.1 Å². The second-order valence-electron chi connectivity index (χ2n) is 8.15. The van der Waals surface area contributed by atoms with Gasteiger partial charge in [0.15, 0.2) is 0 Å². The minimum atomic E-state index is -0.682. The minimum Gasteiger partial charge on any atom is -0.481 e. The third kappa shape index (κ3) is 5.45. The zero-order valence-electron chi connectivity index (χ0n) is 17.2. The zero-order valence-corrected chi connectivity index (χ0v) is 17.2. The van der Waals surface area contributed by atoms with Gasteiger partial charge >= 0.3 is 5.97 Å². The molecule has 0 saturated carbocycles. The smallest absolute Gasteiger partial charge is 0.306 e. The third-order valence-corrected chi connectivity index (χ3v) is 6.24. The van der Waals surface area contributed by atoms with Crippen molar-refractivity contribution in [1.29, 1.82) is 0 Å². The summed E-state index contributed by atoms with van der Waals surface area (Å²) in [5.41, 5.74) is 5.06. The molecule has 2 aromatic carbocycles. The minimum absolute atomic E-state index is 0.240. The molecule has 3 nitrogen and oxygen atoms in total. The highest BCUT2D eigenvalue weighted by atomic mass is 16.4. The second kappa shape index (κ2) is 9.88. The lowest BCUT2D eigenvalue weighted by atomic mass is 9.96. The average Bonchev–Trinajstić information content (AvgIpc) is 3.12. The van der Waals surface area contributed by atoms with Crippen LogP contribution >= 0.6 is 0 Å². The number of aliphatic carboxylic acids is 1. The summed E-state index contributed by atoms with van der Waals surface area (Å²) in [4.78, 5) is 13.8. The van der Waals surface area contributed by atoms with Gasteiger partial charge in [-0.2, -0.15) is 0 Å². The molecule has 1 saturated heterocycles. The van der Waals surface area contributed by atoms with Crippen molar-refractivity contribution in [3.05, 3.63) is 59.7 Å². The van der Waals surface area contributed by atoms with Crippen LogP contribution in [0.5, 0.6) is 0 Å². The molecular formula is C25H33NO2. The van der Waals surface area contributed by atoms with Crippen molar-refractivity contribution in [2.75, 3.05) is 13.1 Å². The Kier molecular flexibility index (Phi) is 7.27. The fourth-order valence-electron chi connectivity index (χ4n) is 4.17. The highest BCUT2D eigenvalue weighted by Crippen LogP contribution is 2.23. The Labute approximate surface area is 169 Å². The molecule has 0 spiro atoms. The number of hydrogen-bond acceptors (Lipinski definition) is 2. The van der Waals surface area contributed by atoms with E-state index in [4.69, 9.17) is 0 Å². The van der Waals surface area contributed by atoms with Crippen LogP contribution in [0.4, 0.5) is 0 Å². The van der Waals surface area contributed by atoms with Crippen LogP contribution < -0.4 is 0 Å². The first kappa shape index (κ1) is 20.6. The molecule has 0 aliphatic carbocycles. The first-order valence-corrected chi connectivity index (χ1v) is 10.7. The number of aryl methyl sites for hydroxylation is 1.